The Kier molecular flexibility index (Phi) is 4.76. The van der Waals surface area contributed by atoms with Gasteiger partial charge in [0.25, 0.3) is 5.69 Å². The first kappa shape index (κ1) is 15.7. The molecule has 1 saturated heterocycles. The van der Waals surface area contributed by atoms with Gasteiger partial charge in [-0.3, -0.25) is 15.0 Å². The Labute approximate surface area is 124 Å². The lowest BCUT2D eigenvalue weighted by molar-refractivity contribution is -0.384. The van der Waals surface area contributed by atoms with Gasteiger partial charge in [0.05, 0.1) is 11.0 Å². The van der Waals surface area contributed by atoms with Crippen molar-refractivity contribution >= 4 is 11.4 Å². The smallest absolute Gasteiger partial charge is 0.292 e. The van der Waals surface area contributed by atoms with E-state index in [2.05, 4.69) is 9.80 Å². The molecular formula is C14H22N4O3. The fourth-order valence-corrected chi connectivity index (χ4v) is 2.84. The molecule has 2 atom stereocenters. The number of nitrogens with two attached hydrogens (primary N) is 1. The van der Waals surface area contributed by atoms with Crippen LogP contribution in [-0.4, -0.2) is 59.2 Å². The number of aliphatic hydroxyl groups excluding tert-OH is 1. The van der Waals surface area contributed by atoms with Gasteiger partial charge in [-0.15, -0.1) is 0 Å². The lowest BCUT2D eigenvalue weighted by Crippen LogP contribution is -2.37. The quantitative estimate of drug-likeness (QED) is 0.471. The van der Waals surface area contributed by atoms with Crippen LogP contribution in [0.4, 0.5) is 11.4 Å². The highest BCUT2D eigenvalue weighted by atomic mass is 16.6. The maximum Gasteiger partial charge on any atom is 0.292 e. The van der Waals surface area contributed by atoms with Crippen LogP contribution in [0.1, 0.15) is 12.0 Å². The zero-order valence-electron chi connectivity index (χ0n) is 12.4. The van der Waals surface area contributed by atoms with Crippen molar-refractivity contribution in [2.24, 2.45) is 0 Å². The zero-order valence-corrected chi connectivity index (χ0v) is 12.4. The van der Waals surface area contributed by atoms with Crippen LogP contribution in [-0.2, 0) is 6.54 Å². The number of nitro benzene ring substituents is 1. The number of hydrogen-bond acceptors (Lipinski definition) is 6. The van der Waals surface area contributed by atoms with Gasteiger partial charge in [0, 0.05) is 31.7 Å². The first-order valence-electron chi connectivity index (χ1n) is 6.96. The van der Waals surface area contributed by atoms with Crippen LogP contribution >= 0.6 is 0 Å². The van der Waals surface area contributed by atoms with E-state index in [0.717, 1.165) is 18.5 Å². The normalized spacial score (nSPS) is 22.9. The van der Waals surface area contributed by atoms with Crippen molar-refractivity contribution in [3.8, 4) is 0 Å². The van der Waals surface area contributed by atoms with E-state index in [-0.39, 0.29) is 23.5 Å². The van der Waals surface area contributed by atoms with Crippen LogP contribution in [0.3, 0.4) is 0 Å². The highest BCUT2D eigenvalue weighted by molar-refractivity contribution is 5.59. The average molecular weight is 294 g/mol. The standard InChI is InChI=1S/C14H22N4O3/c1-16(2)8-11-6-12(19)9-17(11)7-10-3-4-13(15)14(5-10)18(20)21/h3-5,11-12,19H,6-9,15H2,1-2H3. The van der Waals surface area contributed by atoms with Crippen LogP contribution in [0, 0.1) is 10.1 Å². The van der Waals surface area contributed by atoms with E-state index in [9.17, 15) is 15.2 Å². The zero-order chi connectivity index (χ0) is 15.6. The largest absolute Gasteiger partial charge is 0.393 e. The SMILES string of the molecule is CN(C)CC1CC(O)CN1Cc1ccc(N)c([N+](=O)[O-])c1. The van der Waals surface area contributed by atoms with Crippen molar-refractivity contribution in [3.05, 3.63) is 33.9 Å². The molecule has 21 heavy (non-hydrogen) atoms. The number of rotatable bonds is 5. The maximum absolute atomic E-state index is 10.9. The molecule has 7 heteroatoms. The summed E-state index contributed by atoms with van der Waals surface area (Å²) in [6, 6.07) is 5.15. The molecule has 1 aliphatic heterocycles. The molecule has 7 nitrogen and oxygen atoms in total. The Hall–Kier alpha value is -1.70. The molecule has 2 unspecified atom stereocenters. The molecule has 1 fully saturated rings. The van der Waals surface area contributed by atoms with Gasteiger partial charge in [-0.25, -0.2) is 0 Å². The molecule has 1 heterocycles. The molecule has 3 N–H and O–H groups in total. The summed E-state index contributed by atoms with van der Waals surface area (Å²) in [5, 5.41) is 20.8. The second-order valence-electron chi connectivity index (χ2n) is 5.89. The number of β-amino-alcohol motifs (C(OH)–C–C–N with tert-alkyl or cyclic N) is 1. The lowest BCUT2D eigenvalue weighted by Gasteiger charge is -2.26. The van der Waals surface area contributed by atoms with Crippen LogP contribution in [0.5, 0.6) is 0 Å². The summed E-state index contributed by atoms with van der Waals surface area (Å²) in [7, 11) is 3.99. The van der Waals surface area contributed by atoms with E-state index < -0.39 is 4.92 Å². The van der Waals surface area contributed by atoms with E-state index in [4.69, 9.17) is 5.73 Å². The number of likely N-dealkylation sites (N-methyl/N-ethyl adjacent to an activating group) is 1. The fraction of sp³-hybridized carbons (Fsp3) is 0.571. The molecule has 0 bridgehead atoms. The topological polar surface area (TPSA) is 95.9 Å². The molecule has 0 saturated carbocycles. The minimum absolute atomic E-state index is 0.0589. The van der Waals surface area contributed by atoms with Gasteiger partial charge in [-0.05, 0) is 32.1 Å². The summed E-state index contributed by atoms with van der Waals surface area (Å²) in [6.07, 6.45) is 0.397. The molecule has 0 radical (unpaired) electrons. The van der Waals surface area contributed by atoms with E-state index in [1.807, 2.05) is 14.1 Å². The molecule has 1 aromatic carbocycles. The highest BCUT2D eigenvalue weighted by Gasteiger charge is 2.31. The maximum atomic E-state index is 10.9. The summed E-state index contributed by atoms with van der Waals surface area (Å²) in [4.78, 5) is 14.7. The van der Waals surface area contributed by atoms with Gasteiger partial charge in [-0.1, -0.05) is 6.07 Å². The Bertz CT molecular complexity index is 521. The third-order valence-electron chi connectivity index (χ3n) is 3.76. The number of anilines is 1. The molecule has 2 rings (SSSR count). The van der Waals surface area contributed by atoms with Crippen LogP contribution < -0.4 is 5.73 Å². The summed E-state index contributed by atoms with van der Waals surface area (Å²) < 4.78 is 0. The minimum atomic E-state index is -0.463. The predicted octanol–water partition coefficient (Wildman–Crippen LogP) is 0.674. The number of hydrogen-bond donors (Lipinski definition) is 2. The molecular weight excluding hydrogens is 272 g/mol. The second-order valence-corrected chi connectivity index (χ2v) is 5.89. The Morgan fingerprint density at radius 3 is 2.86 bits per heavy atom. The van der Waals surface area contributed by atoms with Crippen molar-refractivity contribution in [2.45, 2.75) is 25.1 Å². The van der Waals surface area contributed by atoms with Gasteiger partial charge in [0.15, 0.2) is 0 Å². The van der Waals surface area contributed by atoms with Gasteiger partial charge >= 0.3 is 0 Å². The molecule has 0 aliphatic carbocycles. The molecule has 0 aromatic heterocycles. The Morgan fingerprint density at radius 1 is 1.52 bits per heavy atom. The summed E-state index contributed by atoms with van der Waals surface area (Å²) in [5.41, 5.74) is 6.57. The van der Waals surface area contributed by atoms with E-state index in [1.165, 1.54) is 6.07 Å². The Morgan fingerprint density at radius 2 is 2.24 bits per heavy atom. The Balaban J connectivity index is 2.13. The van der Waals surface area contributed by atoms with Crippen molar-refractivity contribution in [1.29, 1.82) is 0 Å². The van der Waals surface area contributed by atoms with Crippen LogP contribution in [0.15, 0.2) is 18.2 Å². The molecule has 116 valence electrons. The van der Waals surface area contributed by atoms with Gasteiger partial charge < -0.3 is 15.7 Å². The third-order valence-corrected chi connectivity index (χ3v) is 3.76. The van der Waals surface area contributed by atoms with Crippen molar-refractivity contribution in [2.75, 3.05) is 32.9 Å². The number of nitro groups is 1. The second kappa shape index (κ2) is 6.38. The first-order valence-corrected chi connectivity index (χ1v) is 6.96. The predicted molar refractivity (Wildman–Crippen MR) is 80.9 cm³/mol. The summed E-state index contributed by atoms with van der Waals surface area (Å²) in [5.74, 6) is 0. The van der Waals surface area contributed by atoms with Crippen molar-refractivity contribution in [1.82, 2.24) is 9.80 Å². The minimum Gasteiger partial charge on any atom is -0.393 e. The van der Waals surface area contributed by atoms with Crippen molar-refractivity contribution < 1.29 is 10.0 Å². The molecule has 0 spiro atoms. The van der Waals surface area contributed by atoms with E-state index in [0.29, 0.717) is 13.1 Å². The monoisotopic (exact) mass is 294 g/mol. The van der Waals surface area contributed by atoms with Gasteiger partial charge in [0.2, 0.25) is 0 Å². The number of benzene rings is 1. The highest BCUT2D eigenvalue weighted by Crippen LogP contribution is 2.26. The number of likely N-dealkylation sites (tertiary alicyclic amines) is 1. The summed E-state index contributed by atoms with van der Waals surface area (Å²) >= 11 is 0. The number of aliphatic hydroxyl groups is 1. The van der Waals surface area contributed by atoms with E-state index >= 15 is 0 Å². The average Bonchev–Trinajstić information content (AvgIpc) is 2.70. The number of nitrogens with zero attached hydrogens (tertiary/aromatic N) is 3. The van der Waals surface area contributed by atoms with Crippen LogP contribution in [0.2, 0.25) is 0 Å². The lowest BCUT2D eigenvalue weighted by atomic mass is 10.1. The molecule has 1 aromatic rings. The summed E-state index contributed by atoms with van der Waals surface area (Å²) in [6.45, 7) is 2.03. The first-order chi connectivity index (χ1) is 9.86. The third kappa shape index (κ3) is 3.90. The van der Waals surface area contributed by atoms with Crippen LogP contribution in [0.25, 0.3) is 0 Å². The molecule has 0 amide bonds. The van der Waals surface area contributed by atoms with Gasteiger partial charge in [0.1, 0.15) is 5.69 Å². The molecule has 1 aliphatic rings. The van der Waals surface area contributed by atoms with Crippen molar-refractivity contribution in [3.63, 3.8) is 0 Å². The van der Waals surface area contributed by atoms with Gasteiger partial charge in [-0.2, -0.15) is 0 Å². The fourth-order valence-electron chi connectivity index (χ4n) is 2.84. The number of nitrogen functional groups attached to an aromatic ring is 1. The van der Waals surface area contributed by atoms with E-state index in [1.54, 1.807) is 12.1 Å².